The Morgan fingerprint density at radius 1 is 1.21 bits per heavy atom. The van der Waals surface area contributed by atoms with Crippen molar-refractivity contribution in [1.29, 1.82) is 0 Å². The van der Waals surface area contributed by atoms with Crippen LogP contribution in [0.5, 0.6) is 0 Å². The molecule has 3 nitrogen and oxygen atoms in total. The van der Waals surface area contributed by atoms with Gasteiger partial charge in [0.25, 0.3) is 0 Å². The monoisotopic (exact) mass is 323 g/mol. The molecule has 2 fully saturated rings. The molecular weight excluding hydrogens is 302 g/mol. The normalized spacial score (nSPS) is 25.2. The van der Waals surface area contributed by atoms with Crippen LogP contribution in [0.25, 0.3) is 0 Å². The average molecular weight is 324 g/mol. The minimum atomic E-state index is 0.777. The van der Waals surface area contributed by atoms with Gasteiger partial charge in [0.1, 0.15) is 0 Å². The number of hydrogen-bond acceptors (Lipinski definition) is 3. The highest BCUT2D eigenvalue weighted by molar-refractivity contribution is 9.10. The van der Waals surface area contributed by atoms with Crippen molar-refractivity contribution in [2.75, 3.05) is 31.9 Å². The Kier molecular flexibility index (Phi) is 4.10. The quantitative estimate of drug-likeness (QED) is 0.849. The maximum absolute atomic E-state index is 6.12. The number of anilines is 1. The van der Waals surface area contributed by atoms with Crippen molar-refractivity contribution in [1.82, 2.24) is 9.80 Å². The van der Waals surface area contributed by atoms with Gasteiger partial charge in [-0.05, 0) is 56.6 Å². The van der Waals surface area contributed by atoms with E-state index in [1.807, 2.05) is 6.07 Å². The predicted molar refractivity (Wildman–Crippen MR) is 83.0 cm³/mol. The highest BCUT2D eigenvalue weighted by Gasteiger charge is 2.28. The van der Waals surface area contributed by atoms with Crippen LogP contribution in [0.1, 0.15) is 24.8 Å². The fourth-order valence-electron chi connectivity index (χ4n) is 3.38. The molecule has 19 heavy (non-hydrogen) atoms. The second kappa shape index (κ2) is 5.81. The smallest absolute Gasteiger partial charge is 0.0371 e. The number of nitrogens with two attached hydrogens (primary N) is 1. The van der Waals surface area contributed by atoms with Crippen molar-refractivity contribution >= 4 is 21.6 Å². The topological polar surface area (TPSA) is 32.5 Å². The van der Waals surface area contributed by atoms with Crippen LogP contribution in [0.3, 0.4) is 0 Å². The molecule has 104 valence electrons. The summed E-state index contributed by atoms with van der Waals surface area (Å²) in [6.45, 7) is 5.97. The van der Waals surface area contributed by atoms with Crippen LogP contribution >= 0.6 is 15.9 Å². The molecule has 1 aromatic rings. The number of halogens is 1. The lowest BCUT2D eigenvalue weighted by Gasteiger charge is -2.26. The van der Waals surface area contributed by atoms with Crippen LogP contribution in [-0.4, -0.2) is 42.0 Å². The number of hydrogen-bond donors (Lipinski definition) is 1. The Labute approximate surface area is 123 Å². The summed E-state index contributed by atoms with van der Waals surface area (Å²) in [5.41, 5.74) is 8.28. The van der Waals surface area contributed by atoms with Gasteiger partial charge in [-0.15, -0.1) is 0 Å². The van der Waals surface area contributed by atoms with Gasteiger partial charge < -0.3 is 5.73 Å². The number of rotatable bonds is 2. The molecule has 1 atom stereocenters. The molecule has 0 aliphatic carbocycles. The van der Waals surface area contributed by atoms with Crippen LogP contribution in [0, 0.1) is 0 Å². The number of fused-ring (bicyclic) bond motifs is 1. The maximum atomic E-state index is 6.12. The van der Waals surface area contributed by atoms with E-state index in [0.29, 0.717) is 0 Å². The van der Waals surface area contributed by atoms with Crippen molar-refractivity contribution in [3.63, 3.8) is 0 Å². The second-order valence-electron chi connectivity index (χ2n) is 5.76. The minimum Gasteiger partial charge on any atom is -0.398 e. The van der Waals surface area contributed by atoms with Gasteiger partial charge in [0.2, 0.25) is 0 Å². The van der Waals surface area contributed by atoms with Gasteiger partial charge in [-0.2, -0.15) is 0 Å². The van der Waals surface area contributed by atoms with Crippen LogP contribution in [0.2, 0.25) is 0 Å². The molecule has 1 unspecified atom stereocenters. The summed E-state index contributed by atoms with van der Waals surface area (Å²) < 4.78 is 1.06. The molecule has 0 saturated carbocycles. The van der Waals surface area contributed by atoms with Gasteiger partial charge in [-0.1, -0.05) is 22.0 Å². The van der Waals surface area contributed by atoms with E-state index in [1.54, 1.807) is 0 Å². The maximum Gasteiger partial charge on any atom is 0.0371 e. The molecule has 2 N–H and O–H groups in total. The lowest BCUT2D eigenvalue weighted by atomic mass is 10.1. The molecule has 0 bridgehead atoms. The summed E-state index contributed by atoms with van der Waals surface area (Å²) in [6, 6.07) is 7.02. The number of nitrogen functional groups attached to an aromatic ring is 1. The summed E-state index contributed by atoms with van der Waals surface area (Å²) in [7, 11) is 0. The van der Waals surface area contributed by atoms with E-state index in [9.17, 15) is 0 Å². The first-order chi connectivity index (χ1) is 9.22. The van der Waals surface area contributed by atoms with E-state index in [-0.39, 0.29) is 0 Å². The average Bonchev–Trinajstić information content (AvgIpc) is 2.72. The minimum absolute atomic E-state index is 0.777. The van der Waals surface area contributed by atoms with Gasteiger partial charge in [-0.25, -0.2) is 0 Å². The largest absolute Gasteiger partial charge is 0.398 e. The SMILES string of the molecule is Nc1cc(Br)ccc1CN1CCCN2CCCC2C1. The van der Waals surface area contributed by atoms with Crippen LogP contribution in [-0.2, 0) is 6.54 Å². The molecule has 3 rings (SSSR count). The molecule has 2 heterocycles. The zero-order valence-corrected chi connectivity index (χ0v) is 12.9. The van der Waals surface area contributed by atoms with Gasteiger partial charge >= 0.3 is 0 Å². The van der Waals surface area contributed by atoms with Crippen molar-refractivity contribution < 1.29 is 0 Å². The summed E-state index contributed by atoms with van der Waals surface area (Å²) >= 11 is 3.47. The molecule has 1 aromatic carbocycles. The second-order valence-corrected chi connectivity index (χ2v) is 6.68. The van der Waals surface area contributed by atoms with Crippen LogP contribution < -0.4 is 5.73 Å². The van der Waals surface area contributed by atoms with E-state index >= 15 is 0 Å². The first-order valence-corrected chi connectivity index (χ1v) is 8.02. The molecule has 2 aliphatic heterocycles. The van der Waals surface area contributed by atoms with E-state index in [4.69, 9.17) is 5.73 Å². The van der Waals surface area contributed by atoms with Crippen molar-refractivity contribution in [2.24, 2.45) is 0 Å². The third-order valence-electron chi connectivity index (χ3n) is 4.39. The Hall–Kier alpha value is -0.580. The first-order valence-electron chi connectivity index (χ1n) is 7.23. The third kappa shape index (κ3) is 3.12. The van der Waals surface area contributed by atoms with E-state index in [1.165, 1.54) is 51.0 Å². The van der Waals surface area contributed by atoms with Gasteiger partial charge in [0, 0.05) is 29.3 Å². The summed E-state index contributed by atoms with van der Waals surface area (Å²) in [6.07, 6.45) is 4.03. The van der Waals surface area contributed by atoms with Gasteiger partial charge in [0.05, 0.1) is 0 Å². The molecule has 0 amide bonds. The van der Waals surface area contributed by atoms with E-state index in [0.717, 1.165) is 22.7 Å². The standard InChI is InChI=1S/C15H22BrN3/c16-13-5-4-12(15(17)9-13)10-18-6-2-8-19-7-1-3-14(19)11-18/h4-5,9,14H,1-3,6-8,10-11,17H2. The predicted octanol–water partition coefficient (Wildman–Crippen LogP) is 2.70. The zero-order valence-electron chi connectivity index (χ0n) is 11.3. The molecule has 2 saturated heterocycles. The number of benzene rings is 1. The summed E-state index contributed by atoms with van der Waals surface area (Å²) in [5.74, 6) is 0. The van der Waals surface area contributed by atoms with Gasteiger partial charge in [-0.3, -0.25) is 9.80 Å². The van der Waals surface area contributed by atoms with Crippen molar-refractivity contribution in [3.05, 3.63) is 28.2 Å². The zero-order chi connectivity index (χ0) is 13.2. The Morgan fingerprint density at radius 3 is 2.89 bits per heavy atom. The van der Waals surface area contributed by atoms with Gasteiger partial charge in [0.15, 0.2) is 0 Å². The van der Waals surface area contributed by atoms with Crippen molar-refractivity contribution in [3.8, 4) is 0 Å². The fraction of sp³-hybridized carbons (Fsp3) is 0.600. The fourth-order valence-corrected chi connectivity index (χ4v) is 3.76. The van der Waals surface area contributed by atoms with Crippen LogP contribution in [0.4, 0.5) is 5.69 Å². The highest BCUT2D eigenvalue weighted by atomic mass is 79.9. The lowest BCUT2D eigenvalue weighted by molar-refractivity contribution is 0.215. The molecular formula is C15H22BrN3. The molecule has 2 aliphatic rings. The van der Waals surface area contributed by atoms with Crippen molar-refractivity contribution in [2.45, 2.75) is 31.8 Å². The molecule has 0 aromatic heterocycles. The Bertz CT molecular complexity index is 449. The third-order valence-corrected chi connectivity index (χ3v) is 4.88. The first kappa shape index (κ1) is 13.4. The molecule has 0 radical (unpaired) electrons. The summed E-state index contributed by atoms with van der Waals surface area (Å²) in [5, 5.41) is 0. The van der Waals surface area contributed by atoms with E-state index < -0.39 is 0 Å². The Morgan fingerprint density at radius 2 is 2.05 bits per heavy atom. The van der Waals surface area contributed by atoms with Crippen LogP contribution in [0.15, 0.2) is 22.7 Å². The Balaban J connectivity index is 1.68. The number of nitrogens with zero attached hydrogens (tertiary/aromatic N) is 2. The van der Waals surface area contributed by atoms with E-state index in [2.05, 4.69) is 37.9 Å². The molecule has 4 heteroatoms. The lowest BCUT2D eigenvalue weighted by Crippen LogP contribution is -2.36. The highest BCUT2D eigenvalue weighted by Crippen LogP contribution is 2.24. The molecule has 0 spiro atoms. The summed E-state index contributed by atoms with van der Waals surface area (Å²) in [4.78, 5) is 5.25.